The standard InChI is InChI=1S/C18H24N2O3/c1-12(2)8-15-18(22)20-10-14(9-16(20)17(21)19-15)23-11-13-6-4-3-5-7-13/h3-7,12,14-16H,8-11H2,1-2H3,(H,19,21). The Hall–Kier alpha value is -1.88. The number of benzene rings is 1. The maximum Gasteiger partial charge on any atom is 0.245 e. The van der Waals surface area contributed by atoms with E-state index in [9.17, 15) is 9.59 Å². The van der Waals surface area contributed by atoms with Crippen LogP contribution in [0.15, 0.2) is 30.3 Å². The molecule has 1 N–H and O–H groups in total. The highest BCUT2D eigenvalue weighted by Gasteiger charge is 2.46. The van der Waals surface area contributed by atoms with Crippen LogP contribution in [0.4, 0.5) is 0 Å². The molecule has 3 rings (SSSR count). The van der Waals surface area contributed by atoms with Gasteiger partial charge in [0.2, 0.25) is 11.8 Å². The minimum atomic E-state index is -0.383. The molecule has 2 aliphatic heterocycles. The zero-order valence-corrected chi connectivity index (χ0v) is 13.7. The second kappa shape index (κ2) is 6.71. The molecule has 1 aromatic rings. The van der Waals surface area contributed by atoms with E-state index >= 15 is 0 Å². The van der Waals surface area contributed by atoms with Crippen molar-refractivity contribution in [2.24, 2.45) is 5.92 Å². The Morgan fingerprint density at radius 1 is 1.26 bits per heavy atom. The van der Waals surface area contributed by atoms with Crippen LogP contribution < -0.4 is 5.32 Å². The van der Waals surface area contributed by atoms with Crippen LogP contribution in [0.3, 0.4) is 0 Å². The summed E-state index contributed by atoms with van der Waals surface area (Å²) in [5.74, 6) is 0.365. The summed E-state index contributed by atoms with van der Waals surface area (Å²) in [6.07, 6.45) is 1.19. The van der Waals surface area contributed by atoms with E-state index in [1.807, 2.05) is 30.3 Å². The molecule has 0 aliphatic carbocycles. The van der Waals surface area contributed by atoms with Gasteiger partial charge in [-0.25, -0.2) is 0 Å². The first kappa shape index (κ1) is 16.0. The molecule has 2 amide bonds. The molecule has 2 fully saturated rings. The summed E-state index contributed by atoms with van der Waals surface area (Å²) in [6, 6.07) is 9.20. The zero-order valence-electron chi connectivity index (χ0n) is 13.7. The quantitative estimate of drug-likeness (QED) is 0.900. The van der Waals surface area contributed by atoms with Crippen molar-refractivity contribution in [1.82, 2.24) is 10.2 Å². The molecule has 0 aromatic heterocycles. The molecule has 124 valence electrons. The topological polar surface area (TPSA) is 58.6 Å². The Balaban J connectivity index is 1.60. The van der Waals surface area contributed by atoms with Crippen molar-refractivity contribution in [2.75, 3.05) is 6.54 Å². The van der Waals surface area contributed by atoms with Crippen molar-refractivity contribution in [3.8, 4) is 0 Å². The Bertz CT molecular complexity index is 573. The highest BCUT2D eigenvalue weighted by Crippen LogP contribution is 2.26. The first-order valence-corrected chi connectivity index (χ1v) is 8.31. The average molecular weight is 316 g/mol. The number of nitrogens with one attached hydrogen (secondary N) is 1. The Kier molecular flexibility index (Phi) is 4.66. The number of hydrogen-bond acceptors (Lipinski definition) is 3. The van der Waals surface area contributed by atoms with E-state index in [-0.39, 0.29) is 30.0 Å². The second-order valence-corrected chi connectivity index (χ2v) is 6.85. The molecular weight excluding hydrogens is 292 g/mol. The van der Waals surface area contributed by atoms with Crippen molar-refractivity contribution in [1.29, 1.82) is 0 Å². The van der Waals surface area contributed by atoms with E-state index in [2.05, 4.69) is 19.2 Å². The summed E-state index contributed by atoms with van der Waals surface area (Å²) >= 11 is 0. The zero-order chi connectivity index (χ0) is 16.4. The molecule has 3 unspecified atom stereocenters. The van der Waals surface area contributed by atoms with Gasteiger partial charge in [-0.05, 0) is 17.9 Å². The van der Waals surface area contributed by atoms with Crippen LogP contribution in [-0.4, -0.2) is 41.4 Å². The second-order valence-electron chi connectivity index (χ2n) is 6.85. The first-order chi connectivity index (χ1) is 11.0. The van der Waals surface area contributed by atoms with Gasteiger partial charge >= 0.3 is 0 Å². The molecule has 23 heavy (non-hydrogen) atoms. The summed E-state index contributed by atoms with van der Waals surface area (Å²) in [5.41, 5.74) is 1.10. The van der Waals surface area contributed by atoms with Gasteiger partial charge in [0.1, 0.15) is 12.1 Å². The van der Waals surface area contributed by atoms with Crippen molar-refractivity contribution in [3.05, 3.63) is 35.9 Å². The third kappa shape index (κ3) is 3.55. The van der Waals surface area contributed by atoms with E-state index in [0.717, 1.165) is 5.56 Å². The van der Waals surface area contributed by atoms with Crippen LogP contribution in [0.25, 0.3) is 0 Å². The molecule has 2 aliphatic rings. The number of carbonyl (C=O) groups is 2. The number of hydrogen-bond donors (Lipinski definition) is 1. The Morgan fingerprint density at radius 2 is 2.00 bits per heavy atom. The molecule has 0 spiro atoms. The lowest BCUT2D eigenvalue weighted by Crippen LogP contribution is -2.61. The van der Waals surface area contributed by atoms with Gasteiger partial charge in [-0.2, -0.15) is 0 Å². The molecule has 2 heterocycles. The molecule has 0 saturated carbocycles. The fourth-order valence-corrected chi connectivity index (χ4v) is 3.36. The normalized spacial score (nSPS) is 27.3. The number of fused-ring (bicyclic) bond motifs is 1. The average Bonchev–Trinajstić information content (AvgIpc) is 2.96. The van der Waals surface area contributed by atoms with Crippen molar-refractivity contribution >= 4 is 11.8 Å². The summed E-state index contributed by atoms with van der Waals surface area (Å²) in [7, 11) is 0. The van der Waals surface area contributed by atoms with Gasteiger partial charge in [0.15, 0.2) is 0 Å². The highest BCUT2D eigenvalue weighted by atomic mass is 16.5. The Morgan fingerprint density at radius 3 is 2.70 bits per heavy atom. The van der Waals surface area contributed by atoms with E-state index in [0.29, 0.717) is 31.9 Å². The number of nitrogens with zero attached hydrogens (tertiary/aromatic N) is 1. The summed E-state index contributed by atoms with van der Waals surface area (Å²) < 4.78 is 5.92. The van der Waals surface area contributed by atoms with Gasteiger partial charge in [-0.15, -0.1) is 0 Å². The summed E-state index contributed by atoms with van der Waals surface area (Å²) in [5, 5.41) is 2.88. The van der Waals surface area contributed by atoms with E-state index < -0.39 is 0 Å². The van der Waals surface area contributed by atoms with Gasteiger partial charge < -0.3 is 15.0 Å². The molecule has 1 aromatic carbocycles. The number of piperazine rings is 1. The summed E-state index contributed by atoms with van der Waals surface area (Å²) in [6.45, 7) is 5.14. The van der Waals surface area contributed by atoms with Gasteiger partial charge in [-0.1, -0.05) is 44.2 Å². The fourth-order valence-electron chi connectivity index (χ4n) is 3.36. The lowest BCUT2D eigenvalue weighted by Gasteiger charge is -2.35. The molecule has 5 nitrogen and oxygen atoms in total. The van der Waals surface area contributed by atoms with Crippen LogP contribution in [0.2, 0.25) is 0 Å². The highest BCUT2D eigenvalue weighted by molar-refractivity contribution is 5.97. The third-order valence-electron chi connectivity index (χ3n) is 4.50. The lowest BCUT2D eigenvalue weighted by atomic mass is 9.99. The van der Waals surface area contributed by atoms with Gasteiger partial charge in [-0.3, -0.25) is 9.59 Å². The van der Waals surface area contributed by atoms with Crippen molar-refractivity contribution in [3.63, 3.8) is 0 Å². The van der Waals surface area contributed by atoms with Crippen LogP contribution in [0, 0.1) is 5.92 Å². The Labute approximate surface area is 137 Å². The smallest absolute Gasteiger partial charge is 0.245 e. The first-order valence-electron chi connectivity index (χ1n) is 8.31. The van der Waals surface area contributed by atoms with Crippen LogP contribution in [-0.2, 0) is 20.9 Å². The molecule has 3 atom stereocenters. The predicted molar refractivity (Wildman–Crippen MR) is 86.5 cm³/mol. The maximum absolute atomic E-state index is 12.6. The van der Waals surface area contributed by atoms with Crippen LogP contribution in [0.1, 0.15) is 32.3 Å². The minimum absolute atomic E-state index is 0.0362. The van der Waals surface area contributed by atoms with E-state index in [4.69, 9.17) is 4.74 Å². The number of rotatable bonds is 5. The van der Waals surface area contributed by atoms with Gasteiger partial charge in [0.25, 0.3) is 0 Å². The maximum atomic E-state index is 12.6. The van der Waals surface area contributed by atoms with E-state index in [1.54, 1.807) is 4.90 Å². The predicted octanol–water partition coefficient (Wildman–Crippen LogP) is 1.72. The third-order valence-corrected chi connectivity index (χ3v) is 4.50. The van der Waals surface area contributed by atoms with Crippen molar-refractivity contribution in [2.45, 2.75) is 51.5 Å². The molecular formula is C18H24N2O3. The number of amides is 2. The molecule has 5 heteroatoms. The van der Waals surface area contributed by atoms with Crippen molar-refractivity contribution < 1.29 is 14.3 Å². The SMILES string of the molecule is CC(C)CC1NC(=O)C2CC(OCc3ccccc3)CN2C1=O. The number of ether oxygens (including phenoxy) is 1. The van der Waals surface area contributed by atoms with Gasteiger partial charge in [0, 0.05) is 13.0 Å². The summed E-state index contributed by atoms with van der Waals surface area (Å²) in [4.78, 5) is 26.5. The number of carbonyl (C=O) groups excluding carboxylic acids is 2. The van der Waals surface area contributed by atoms with E-state index in [1.165, 1.54) is 0 Å². The molecule has 2 saturated heterocycles. The monoisotopic (exact) mass is 316 g/mol. The minimum Gasteiger partial charge on any atom is -0.372 e. The largest absolute Gasteiger partial charge is 0.372 e. The fraction of sp³-hybridized carbons (Fsp3) is 0.556. The van der Waals surface area contributed by atoms with Crippen LogP contribution in [0.5, 0.6) is 0 Å². The van der Waals surface area contributed by atoms with Crippen LogP contribution >= 0.6 is 0 Å². The lowest BCUT2D eigenvalue weighted by molar-refractivity contribution is -0.147. The molecule has 0 radical (unpaired) electrons. The molecule has 0 bridgehead atoms. The van der Waals surface area contributed by atoms with Gasteiger partial charge in [0.05, 0.1) is 12.7 Å².